The summed E-state index contributed by atoms with van der Waals surface area (Å²) in [5.74, 6) is 0. The highest BCUT2D eigenvalue weighted by atomic mass is 32.2. The summed E-state index contributed by atoms with van der Waals surface area (Å²) in [6.07, 6.45) is 5.87. The molecule has 1 fully saturated rings. The lowest BCUT2D eigenvalue weighted by Gasteiger charge is -2.43. The molecule has 116 valence electrons. The molecule has 5 heteroatoms. The van der Waals surface area contributed by atoms with Gasteiger partial charge in [-0.2, -0.15) is 0 Å². The van der Waals surface area contributed by atoms with E-state index in [2.05, 4.69) is 29.2 Å². The molecule has 2 aliphatic rings. The average Bonchev–Trinajstić information content (AvgIpc) is 2.45. The molecule has 0 saturated heterocycles. The van der Waals surface area contributed by atoms with Gasteiger partial charge in [-0.3, -0.25) is 0 Å². The lowest BCUT2D eigenvalue weighted by atomic mass is 9.89. The van der Waals surface area contributed by atoms with Crippen molar-refractivity contribution >= 4 is 15.5 Å². The largest absolute Gasteiger partial charge is 0.367 e. The molecule has 4 nitrogen and oxygen atoms in total. The Morgan fingerprint density at radius 2 is 2.00 bits per heavy atom. The Labute approximate surface area is 127 Å². The van der Waals surface area contributed by atoms with E-state index in [1.807, 2.05) is 0 Å². The lowest BCUT2D eigenvalue weighted by Crippen LogP contribution is -2.50. The first-order chi connectivity index (χ1) is 9.95. The van der Waals surface area contributed by atoms with E-state index in [4.69, 9.17) is 5.73 Å². The van der Waals surface area contributed by atoms with Gasteiger partial charge in [-0.25, -0.2) is 8.42 Å². The smallest absolute Gasteiger partial charge is 0.150 e. The molecule has 1 heterocycles. The minimum absolute atomic E-state index is 0.138. The maximum absolute atomic E-state index is 11.9. The van der Waals surface area contributed by atoms with Crippen LogP contribution in [0, 0.1) is 0 Å². The number of hydrogen-bond acceptors (Lipinski definition) is 4. The van der Waals surface area contributed by atoms with E-state index in [1.165, 1.54) is 17.5 Å². The summed E-state index contributed by atoms with van der Waals surface area (Å²) < 4.78 is 23.8. The zero-order valence-electron chi connectivity index (χ0n) is 12.5. The summed E-state index contributed by atoms with van der Waals surface area (Å²) in [5.41, 5.74) is 8.75. The summed E-state index contributed by atoms with van der Waals surface area (Å²) in [4.78, 5) is 2.36. The van der Waals surface area contributed by atoms with Gasteiger partial charge in [0.1, 0.15) is 9.84 Å². The van der Waals surface area contributed by atoms with Crippen LogP contribution in [0.3, 0.4) is 0 Å². The molecular weight excluding hydrogens is 284 g/mol. The van der Waals surface area contributed by atoms with Crippen molar-refractivity contribution < 1.29 is 8.42 Å². The van der Waals surface area contributed by atoms with Crippen molar-refractivity contribution in [3.05, 3.63) is 29.8 Å². The van der Waals surface area contributed by atoms with Gasteiger partial charge in [-0.05, 0) is 37.3 Å². The van der Waals surface area contributed by atoms with Crippen molar-refractivity contribution in [2.45, 2.75) is 49.4 Å². The van der Waals surface area contributed by atoms with Crippen LogP contribution >= 0.6 is 0 Å². The molecule has 0 radical (unpaired) electrons. The number of anilines is 1. The fourth-order valence-electron chi connectivity index (χ4n) is 3.80. The van der Waals surface area contributed by atoms with Crippen LogP contribution in [0.25, 0.3) is 0 Å². The third-order valence-electron chi connectivity index (χ3n) is 4.86. The summed E-state index contributed by atoms with van der Waals surface area (Å²) in [6, 6.07) is 8.82. The number of rotatable bonds is 2. The van der Waals surface area contributed by atoms with Crippen molar-refractivity contribution in [1.29, 1.82) is 0 Å². The van der Waals surface area contributed by atoms with Crippen molar-refractivity contribution in [3.8, 4) is 0 Å². The second-order valence-corrected chi connectivity index (χ2v) is 8.84. The number of sulfone groups is 1. The highest BCUT2D eigenvalue weighted by Gasteiger charge is 2.34. The fraction of sp³-hybridized carbons (Fsp3) is 0.625. The van der Waals surface area contributed by atoms with Crippen LogP contribution in [0.4, 0.5) is 5.69 Å². The molecule has 3 rings (SSSR count). The minimum Gasteiger partial charge on any atom is -0.367 e. The maximum Gasteiger partial charge on any atom is 0.150 e. The minimum atomic E-state index is -2.95. The van der Waals surface area contributed by atoms with E-state index >= 15 is 0 Å². The SMILES string of the molecule is CS(=O)(=O)C1CCCC(N2CC(N)Cc3ccccc32)C1. The van der Waals surface area contributed by atoms with Crippen molar-refractivity contribution in [2.75, 3.05) is 17.7 Å². The number of para-hydroxylation sites is 1. The Morgan fingerprint density at radius 1 is 1.24 bits per heavy atom. The van der Waals surface area contributed by atoms with Gasteiger partial charge in [0, 0.05) is 30.6 Å². The molecule has 1 aromatic carbocycles. The van der Waals surface area contributed by atoms with Crippen LogP contribution in [0.2, 0.25) is 0 Å². The van der Waals surface area contributed by atoms with Crippen LogP contribution in [-0.4, -0.2) is 38.6 Å². The third-order valence-corrected chi connectivity index (χ3v) is 6.50. The standard InChI is InChI=1S/C16H24N2O2S/c1-21(19,20)15-7-4-6-14(10-15)18-11-13(17)9-12-5-2-3-8-16(12)18/h2-3,5,8,13-15H,4,6-7,9-11,17H2,1H3. The first-order valence-electron chi connectivity index (χ1n) is 7.74. The lowest BCUT2D eigenvalue weighted by molar-refractivity contribution is 0.396. The van der Waals surface area contributed by atoms with Gasteiger partial charge in [-0.15, -0.1) is 0 Å². The zero-order valence-corrected chi connectivity index (χ0v) is 13.3. The van der Waals surface area contributed by atoms with E-state index < -0.39 is 9.84 Å². The quantitative estimate of drug-likeness (QED) is 0.904. The van der Waals surface area contributed by atoms with E-state index in [0.717, 1.165) is 38.6 Å². The number of fused-ring (bicyclic) bond motifs is 1. The van der Waals surface area contributed by atoms with Gasteiger partial charge in [-0.1, -0.05) is 24.6 Å². The Morgan fingerprint density at radius 3 is 2.76 bits per heavy atom. The topological polar surface area (TPSA) is 63.4 Å². The van der Waals surface area contributed by atoms with Gasteiger partial charge in [0.25, 0.3) is 0 Å². The molecule has 3 atom stereocenters. The molecule has 3 unspecified atom stereocenters. The zero-order chi connectivity index (χ0) is 15.0. The molecule has 0 aromatic heterocycles. The molecule has 0 spiro atoms. The van der Waals surface area contributed by atoms with E-state index in [-0.39, 0.29) is 11.3 Å². The average molecular weight is 308 g/mol. The van der Waals surface area contributed by atoms with Gasteiger partial charge < -0.3 is 10.6 Å². The van der Waals surface area contributed by atoms with Gasteiger partial charge in [0.2, 0.25) is 0 Å². The van der Waals surface area contributed by atoms with Crippen molar-refractivity contribution in [3.63, 3.8) is 0 Å². The van der Waals surface area contributed by atoms with E-state index in [1.54, 1.807) is 0 Å². The summed E-state index contributed by atoms with van der Waals surface area (Å²) in [7, 11) is -2.95. The number of hydrogen-bond donors (Lipinski definition) is 1. The second kappa shape index (κ2) is 5.61. The third kappa shape index (κ3) is 3.09. The number of benzene rings is 1. The molecule has 2 N–H and O–H groups in total. The molecule has 1 saturated carbocycles. The summed E-state index contributed by atoms with van der Waals surface area (Å²) in [6.45, 7) is 0.832. The molecule has 1 aliphatic carbocycles. The second-order valence-electron chi connectivity index (χ2n) is 6.52. The number of nitrogens with two attached hydrogens (primary N) is 1. The molecule has 0 amide bonds. The Hall–Kier alpha value is -1.07. The fourth-order valence-corrected chi connectivity index (χ4v) is 4.97. The van der Waals surface area contributed by atoms with E-state index in [9.17, 15) is 8.42 Å². The van der Waals surface area contributed by atoms with E-state index in [0.29, 0.717) is 6.04 Å². The van der Waals surface area contributed by atoms with Gasteiger partial charge in [0.05, 0.1) is 5.25 Å². The Kier molecular flexibility index (Phi) is 3.97. The van der Waals surface area contributed by atoms with Crippen LogP contribution in [0.1, 0.15) is 31.2 Å². The van der Waals surface area contributed by atoms with Crippen LogP contribution in [-0.2, 0) is 16.3 Å². The first-order valence-corrected chi connectivity index (χ1v) is 9.69. The monoisotopic (exact) mass is 308 g/mol. The maximum atomic E-state index is 11.9. The molecular formula is C16H24N2O2S. The van der Waals surface area contributed by atoms with Crippen LogP contribution < -0.4 is 10.6 Å². The van der Waals surface area contributed by atoms with Gasteiger partial charge in [0.15, 0.2) is 0 Å². The molecule has 1 aliphatic heterocycles. The predicted molar refractivity (Wildman–Crippen MR) is 86.4 cm³/mol. The summed E-state index contributed by atoms with van der Waals surface area (Å²) in [5, 5.41) is -0.193. The van der Waals surface area contributed by atoms with Crippen molar-refractivity contribution in [1.82, 2.24) is 0 Å². The molecule has 0 bridgehead atoms. The van der Waals surface area contributed by atoms with Crippen LogP contribution in [0.15, 0.2) is 24.3 Å². The van der Waals surface area contributed by atoms with Crippen molar-refractivity contribution in [2.24, 2.45) is 5.73 Å². The predicted octanol–water partition coefficient (Wildman–Crippen LogP) is 1.73. The molecule has 1 aromatic rings. The first kappa shape index (κ1) is 14.9. The Bertz CT molecular complexity index is 614. The van der Waals surface area contributed by atoms with Gasteiger partial charge >= 0.3 is 0 Å². The molecule has 21 heavy (non-hydrogen) atoms. The normalized spacial score (nSPS) is 30.0. The summed E-state index contributed by atoms with van der Waals surface area (Å²) >= 11 is 0. The highest BCUT2D eigenvalue weighted by Crippen LogP contribution is 2.34. The number of nitrogens with zero attached hydrogens (tertiary/aromatic N) is 1. The highest BCUT2D eigenvalue weighted by molar-refractivity contribution is 7.91. The Balaban J connectivity index is 1.86. The van der Waals surface area contributed by atoms with Crippen LogP contribution in [0.5, 0.6) is 0 Å².